The first-order valence-electron chi connectivity index (χ1n) is 15.3. The van der Waals surface area contributed by atoms with Crippen molar-refractivity contribution in [3.63, 3.8) is 0 Å². The van der Waals surface area contributed by atoms with Crippen LogP contribution >= 0.6 is 0 Å². The second-order valence-electron chi connectivity index (χ2n) is 11.3. The molecule has 45 heavy (non-hydrogen) atoms. The standard InChI is InChI=1S/C40H35N5/c1-41-39(31-18-10-5-11-19-31)43-40(44(2)28-29-14-6-3-7-15-29)33-23-25-38(42-27-33)45-36-21-13-12-20-34(36)35-24-22-32(26-37(35)45)30-16-8-4-9-17-30/h3-27,39,41H,28H2,1-2H3/b43-40-. The molecule has 1 N–H and O–H groups in total. The number of aliphatic imine (C=N–C) groups is 1. The second kappa shape index (κ2) is 12.6. The number of nitrogens with one attached hydrogen (secondary N) is 1. The lowest BCUT2D eigenvalue weighted by molar-refractivity contribution is 0.489. The molecule has 5 heteroatoms. The van der Waals surface area contributed by atoms with E-state index in [1.807, 2.05) is 37.5 Å². The first kappa shape index (κ1) is 28.3. The van der Waals surface area contributed by atoms with Gasteiger partial charge in [-0.2, -0.15) is 0 Å². The molecule has 0 aliphatic rings. The van der Waals surface area contributed by atoms with E-state index in [-0.39, 0.29) is 6.17 Å². The summed E-state index contributed by atoms with van der Waals surface area (Å²) >= 11 is 0. The van der Waals surface area contributed by atoms with E-state index in [0.29, 0.717) is 0 Å². The third-order valence-corrected chi connectivity index (χ3v) is 8.28. The summed E-state index contributed by atoms with van der Waals surface area (Å²) in [7, 11) is 4.04. The first-order valence-corrected chi connectivity index (χ1v) is 15.3. The second-order valence-corrected chi connectivity index (χ2v) is 11.3. The van der Waals surface area contributed by atoms with Gasteiger partial charge in [0.15, 0.2) is 0 Å². The molecule has 0 bridgehead atoms. The van der Waals surface area contributed by atoms with Crippen LogP contribution in [0.25, 0.3) is 38.8 Å². The normalized spacial score (nSPS) is 12.4. The van der Waals surface area contributed by atoms with E-state index < -0.39 is 0 Å². The molecule has 0 saturated heterocycles. The molecule has 5 aromatic carbocycles. The van der Waals surface area contributed by atoms with Crippen molar-refractivity contribution in [1.29, 1.82) is 0 Å². The average Bonchev–Trinajstić information content (AvgIpc) is 3.44. The van der Waals surface area contributed by atoms with Gasteiger partial charge in [0.2, 0.25) is 0 Å². The highest BCUT2D eigenvalue weighted by Gasteiger charge is 2.18. The fraction of sp³-hybridized carbons (Fsp3) is 0.100. The van der Waals surface area contributed by atoms with E-state index in [2.05, 4.69) is 143 Å². The topological polar surface area (TPSA) is 45.5 Å². The largest absolute Gasteiger partial charge is 0.355 e. The van der Waals surface area contributed by atoms with Crippen molar-refractivity contribution in [2.75, 3.05) is 14.1 Å². The molecule has 7 aromatic rings. The van der Waals surface area contributed by atoms with Crippen molar-refractivity contribution < 1.29 is 0 Å². The number of pyridine rings is 1. The van der Waals surface area contributed by atoms with E-state index in [4.69, 9.17) is 9.98 Å². The minimum Gasteiger partial charge on any atom is -0.355 e. The van der Waals surface area contributed by atoms with E-state index in [1.54, 1.807) is 0 Å². The highest BCUT2D eigenvalue weighted by atomic mass is 15.2. The highest BCUT2D eigenvalue weighted by Crippen LogP contribution is 2.34. The Morgan fingerprint density at radius 2 is 1.38 bits per heavy atom. The molecular formula is C40H35N5. The van der Waals surface area contributed by atoms with E-state index in [1.165, 1.54) is 27.5 Å². The minimum absolute atomic E-state index is 0.201. The van der Waals surface area contributed by atoms with Gasteiger partial charge < -0.3 is 4.90 Å². The van der Waals surface area contributed by atoms with Crippen LogP contribution in [0.5, 0.6) is 0 Å². The monoisotopic (exact) mass is 585 g/mol. The fourth-order valence-electron chi connectivity index (χ4n) is 6.07. The van der Waals surface area contributed by atoms with E-state index >= 15 is 0 Å². The third kappa shape index (κ3) is 5.74. The number of aromatic nitrogens is 2. The van der Waals surface area contributed by atoms with Gasteiger partial charge in [-0.3, -0.25) is 9.88 Å². The SMILES string of the molecule is CNC(/N=C(/c1ccc(-n2c3ccccc3c3ccc(-c4ccccc4)cc32)nc1)N(C)Cc1ccccc1)c1ccccc1. The Morgan fingerprint density at radius 1 is 0.711 bits per heavy atom. The van der Waals surface area contributed by atoms with Crippen molar-refractivity contribution in [3.8, 4) is 16.9 Å². The van der Waals surface area contributed by atoms with Crippen molar-refractivity contribution in [3.05, 3.63) is 168 Å². The summed E-state index contributed by atoms with van der Waals surface area (Å²) in [5, 5.41) is 5.81. The molecular weight excluding hydrogens is 550 g/mol. The molecule has 2 aromatic heterocycles. The van der Waals surface area contributed by atoms with Crippen LogP contribution in [0, 0.1) is 0 Å². The van der Waals surface area contributed by atoms with Crippen LogP contribution in [0.4, 0.5) is 0 Å². The Balaban J connectivity index is 1.32. The maximum atomic E-state index is 5.25. The lowest BCUT2D eigenvalue weighted by atomic mass is 10.0. The summed E-state index contributed by atoms with van der Waals surface area (Å²) in [5.41, 5.74) is 7.92. The maximum Gasteiger partial charge on any atom is 0.137 e. The van der Waals surface area contributed by atoms with Gasteiger partial charge >= 0.3 is 0 Å². The van der Waals surface area contributed by atoms with Gasteiger partial charge in [-0.25, -0.2) is 9.98 Å². The van der Waals surface area contributed by atoms with Crippen LogP contribution in [-0.2, 0) is 6.54 Å². The van der Waals surface area contributed by atoms with E-state index in [9.17, 15) is 0 Å². The number of amidine groups is 1. The van der Waals surface area contributed by atoms with Gasteiger partial charge in [-0.1, -0.05) is 121 Å². The maximum absolute atomic E-state index is 5.25. The smallest absolute Gasteiger partial charge is 0.137 e. The first-order chi connectivity index (χ1) is 22.2. The lowest BCUT2D eigenvalue weighted by Gasteiger charge is -2.24. The number of para-hydroxylation sites is 1. The molecule has 220 valence electrons. The summed E-state index contributed by atoms with van der Waals surface area (Å²) in [4.78, 5) is 12.5. The zero-order valence-corrected chi connectivity index (χ0v) is 25.5. The molecule has 0 aliphatic carbocycles. The van der Waals surface area contributed by atoms with Gasteiger partial charge in [-0.05, 0) is 53.6 Å². The predicted octanol–water partition coefficient (Wildman–Crippen LogP) is 8.64. The van der Waals surface area contributed by atoms with Crippen molar-refractivity contribution in [2.24, 2.45) is 4.99 Å². The number of hydrogen-bond acceptors (Lipinski definition) is 3. The fourth-order valence-corrected chi connectivity index (χ4v) is 6.07. The molecule has 0 radical (unpaired) electrons. The number of nitrogens with zero attached hydrogens (tertiary/aromatic N) is 4. The molecule has 0 aliphatic heterocycles. The Hall–Kier alpha value is -5.52. The Bertz CT molecular complexity index is 2070. The number of hydrogen-bond donors (Lipinski definition) is 1. The summed E-state index contributed by atoms with van der Waals surface area (Å²) in [6.45, 7) is 0.724. The molecule has 0 fully saturated rings. The average molecular weight is 586 g/mol. The van der Waals surface area contributed by atoms with E-state index in [0.717, 1.165) is 40.4 Å². The van der Waals surface area contributed by atoms with Gasteiger partial charge in [0.05, 0.1) is 11.0 Å². The number of rotatable bonds is 8. The predicted molar refractivity (Wildman–Crippen MR) is 187 cm³/mol. The van der Waals surface area contributed by atoms with Gasteiger partial charge in [0.1, 0.15) is 17.8 Å². The molecule has 1 unspecified atom stereocenters. The molecule has 1 atom stereocenters. The Labute approximate surface area is 264 Å². The summed E-state index contributed by atoms with van der Waals surface area (Å²) in [6.07, 6.45) is 1.75. The molecule has 0 spiro atoms. The number of benzene rings is 5. The van der Waals surface area contributed by atoms with Crippen molar-refractivity contribution in [2.45, 2.75) is 12.7 Å². The Kier molecular flexibility index (Phi) is 7.92. The minimum atomic E-state index is -0.201. The zero-order valence-electron chi connectivity index (χ0n) is 25.5. The molecule has 0 amide bonds. The van der Waals surface area contributed by atoms with Crippen LogP contribution in [-0.4, -0.2) is 34.4 Å². The molecule has 7 rings (SSSR count). The Morgan fingerprint density at radius 3 is 2.09 bits per heavy atom. The van der Waals surface area contributed by atoms with Crippen LogP contribution in [0.2, 0.25) is 0 Å². The number of fused-ring (bicyclic) bond motifs is 3. The van der Waals surface area contributed by atoms with Crippen molar-refractivity contribution >= 4 is 27.6 Å². The quantitative estimate of drug-likeness (QED) is 0.143. The van der Waals surface area contributed by atoms with Crippen LogP contribution in [0.3, 0.4) is 0 Å². The molecule has 2 heterocycles. The van der Waals surface area contributed by atoms with Gasteiger partial charge in [0.25, 0.3) is 0 Å². The van der Waals surface area contributed by atoms with Crippen LogP contribution in [0.15, 0.2) is 157 Å². The van der Waals surface area contributed by atoms with Gasteiger partial charge in [-0.15, -0.1) is 0 Å². The molecule has 0 saturated carbocycles. The highest BCUT2D eigenvalue weighted by molar-refractivity contribution is 6.10. The third-order valence-electron chi connectivity index (χ3n) is 8.28. The summed E-state index contributed by atoms with van der Waals surface area (Å²) in [6, 6.07) is 50.9. The lowest BCUT2D eigenvalue weighted by Crippen LogP contribution is -2.29. The van der Waals surface area contributed by atoms with Gasteiger partial charge in [0, 0.05) is 36.1 Å². The molecule has 5 nitrogen and oxygen atoms in total. The summed E-state index contributed by atoms with van der Waals surface area (Å²) in [5.74, 6) is 1.74. The van der Waals surface area contributed by atoms with Crippen molar-refractivity contribution in [1.82, 2.24) is 19.8 Å². The van der Waals surface area contributed by atoms with Crippen LogP contribution < -0.4 is 5.32 Å². The zero-order chi connectivity index (χ0) is 30.6. The summed E-state index contributed by atoms with van der Waals surface area (Å²) < 4.78 is 2.27. The van der Waals surface area contributed by atoms with Crippen LogP contribution in [0.1, 0.15) is 22.9 Å².